The minimum atomic E-state index is 0.357. The average Bonchev–Trinajstić information content (AvgIpc) is 2.28. The van der Waals surface area contributed by atoms with Gasteiger partial charge in [0.2, 0.25) is 0 Å². The highest BCUT2D eigenvalue weighted by molar-refractivity contribution is 6.34. The van der Waals surface area contributed by atoms with Crippen molar-refractivity contribution in [2.45, 2.75) is 0 Å². The molecule has 0 fully saturated rings. The number of rotatable bonds is 2. The van der Waals surface area contributed by atoms with E-state index in [0.29, 0.717) is 10.9 Å². The van der Waals surface area contributed by atoms with Gasteiger partial charge in [-0.05, 0) is 17.7 Å². The SMILES string of the molecule is C=C(CCl)c1c(Cl)ccc2cccnc12. The van der Waals surface area contributed by atoms with Crippen LogP contribution in [0.4, 0.5) is 0 Å². The van der Waals surface area contributed by atoms with Gasteiger partial charge in [-0.3, -0.25) is 4.98 Å². The van der Waals surface area contributed by atoms with E-state index >= 15 is 0 Å². The van der Waals surface area contributed by atoms with Crippen molar-refractivity contribution in [2.75, 3.05) is 5.88 Å². The quantitative estimate of drug-likeness (QED) is 0.716. The maximum Gasteiger partial charge on any atom is 0.0792 e. The molecule has 15 heavy (non-hydrogen) atoms. The Kier molecular flexibility index (Phi) is 2.94. The van der Waals surface area contributed by atoms with E-state index in [2.05, 4.69) is 11.6 Å². The van der Waals surface area contributed by atoms with Crippen LogP contribution in [0.2, 0.25) is 5.02 Å². The molecule has 0 N–H and O–H groups in total. The molecule has 0 atom stereocenters. The number of allylic oxidation sites excluding steroid dienone is 1. The lowest BCUT2D eigenvalue weighted by Gasteiger charge is -2.08. The van der Waals surface area contributed by atoms with Crippen molar-refractivity contribution in [3.8, 4) is 0 Å². The monoisotopic (exact) mass is 237 g/mol. The molecule has 0 aliphatic heterocycles. The summed E-state index contributed by atoms with van der Waals surface area (Å²) in [7, 11) is 0. The molecule has 0 aliphatic carbocycles. The number of benzene rings is 1. The summed E-state index contributed by atoms with van der Waals surface area (Å²) in [5.74, 6) is 0.357. The Labute approximate surface area is 98.3 Å². The van der Waals surface area contributed by atoms with Crippen LogP contribution in [0.1, 0.15) is 5.56 Å². The van der Waals surface area contributed by atoms with Gasteiger partial charge < -0.3 is 0 Å². The van der Waals surface area contributed by atoms with Crippen LogP contribution in [0.15, 0.2) is 37.0 Å². The van der Waals surface area contributed by atoms with E-state index < -0.39 is 0 Å². The van der Waals surface area contributed by atoms with Crippen molar-refractivity contribution in [3.05, 3.63) is 47.6 Å². The first-order chi connectivity index (χ1) is 7.24. The second kappa shape index (κ2) is 4.21. The lowest BCUT2D eigenvalue weighted by molar-refractivity contribution is 1.40. The standard InChI is InChI=1S/C12H9Cl2N/c1-8(7-13)11-10(14)5-4-9-3-2-6-15-12(9)11/h2-6H,1,7H2. The molecular formula is C12H9Cl2N. The first-order valence-electron chi connectivity index (χ1n) is 4.51. The zero-order chi connectivity index (χ0) is 10.8. The van der Waals surface area contributed by atoms with Gasteiger partial charge in [0.15, 0.2) is 0 Å². The van der Waals surface area contributed by atoms with Crippen LogP contribution in [-0.2, 0) is 0 Å². The fourth-order valence-corrected chi connectivity index (χ4v) is 1.94. The minimum Gasteiger partial charge on any atom is -0.256 e. The van der Waals surface area contributed by atoms with Crippen LogP contribution in [0, 0.1) is 0 Å². The molecule has 0 saturated heterocycles. The second-order valence-electron chi connectivity index (χ2n) is 3.23. The van der Waals surface area contributed by atoms with Crippen LogP contribution in [0.3, 0.4) is 0 Å². The Hall–Kier alpha value is -1.05. The lowest BCUT2D eigenvalue weighted by atomic mass is 10.0. The lowest BCUT2D eigenvalue weighted by Crippen LogP contribution is -1.90. The Morgan fingerprint density at radius 1 is 1.33 bits per heavy atom. The third kappa shape index (κ3) is 1.85. The van der Waals surface area contributed by atoms with E-state index in [-0.39, 0.29) is 0 Å². The number of hydrogen-bond donors (Lipinski definition) is 0. The molecule has 0 aliphatic rings. The Bertz CT molecular complexity index is 520. The summed E-state index contributed by atoms with van der Waals surface area (Å²) < 4.78 is 0. The van der Waals surface area contributed by atoms with Gasteiger partial charge >= 0.3 is 0 Å². The molecule has 76 valence electrons. The molecule has 2 rings (SSSR count). The third-order valence-corrected chi connectivity index (χ3v) is 2.88. The van der Waals surface area contributed by atoms with Crippen molar-refractivity contribution in [3.63, 3.8) is 0 Å². The van der Waals surface area contributed by atoms with Crippen LogP contribution < -0.4 is 0 Å². The predicted octanol–water partition coefficient (Wildman–Crippen LogP) is 4.14. The molecular weight excluding hydrogens is 229 g/mol. The minimum absolute atomic E-state index is 0.357. The molecule has 3 heteroatoms. The highest BCUT2D eigenvalue weighted by Gasteiger charge is 2.09. The second-order valence-corrected chi connectivity index (χ2v) is 3.91. The largest absolute Gasteiger partial charge is 0.256 e. The van der Waals surface area contributed by atoms with Crippen molar-refractivity contribution >= 4 is 39.7 Å². The van der Waals surface area contributed by atoms with Gasteiger partial charge in [-0.1, -0.05) is 30.3 Å². The molecule has 2 aromatic rings. The van der Waals surface area contributed by atoms with Crippen LogP contribution in [0.25, 0.3) is 16.5 Å². The zero-order valence-corrected chi connectivity index (χ0v) is 9.52. The van der Waals surface area contributed by atoms with E-state index in [1.165, 1.54) is 0 Å². The summed E-state index contributed by atoms with van der Waals surface area (Å²) >= 11 is 11.9. The van der Waals surface area contributed by atoms with Gasteiger partial charge in [-0.15, -0.1) is 11.6 Å². The van der Waals surface area contributed by atoms with Crippen molar-refractivity contribution in [2.24, 2.45) is 0 Å². The van der Waals surface area contributed by atoms with Gasteiger partial charge in [-0.2, -0.15) is 0 Å². The topological polar surface area (TPSA) is 12.9 Å². The Morgan fingerprint density at radius 2 is 2.13 bits per heavy atom. The maximum absolute atomic E-state index is 6.12. The normalized spacial score (nSPS) is 10.5. The fourth-order valence-electron chi connectivity index (χ4n) is 1.52. The van der Waals surface area contributed by atoms with Gasteiger partial charge in [0.1, 0.15) is 0 Å². The number of pyridine rings is 1. The smallest absolute Gasteiger partial charge is 0.0792 e. The van der Waals surface area contributed by atoms with Gasteiger partial charge in [0.05, 0.1) is 10.5 Å². The van der Waals surface area contributed by atoms with Crippen molar-refractivity contribution in [1.29, 1.82) is 0 Å². The third-order valence-electron chi connectivity index (χ3n) is 2.24. The van der Waals surface area contributed by atoms with E-state index in [0.717, 1.165) is 22.0 Å². The molecule has 0 amide bonds. The van der Waals surface area contributed by atoms with Crippen LogP contribution >= 0.6 is 23.2 Å². The summed E-state index contributed by atoms with van der Waals surface area (Å²) in [6.07, 6.45) is 1.74. The summed E-state index contributed by atoms with van der Waals surface area (Å²) in [4.78, 5) is 4.31. The molecule has 1 nitrogen and oxygen atoms in total. The first-order valence-corrected chi connectivity index (χ1v) is 5.42. The van der Waals surface area contributed by atoms with Crippen molar-refractivity contribution < 1.29 is 0 Å². The maximum atomic E-state index is 6.12. The summed E-state index contributed by atoms with van der Waals surface area (Å²) in [6, 6.07) is 7.67. The Balaban J connectivity index is 2.79. The number of aromatic nitrogens is 1. The van der Waals surface area contributed by atoms with E-state index in [9.17, 15) is 0 Å². The highest BCUT2D eigenvalue weighted by Crippen LogP contribution is 2.30. The molecule has 1 heterocycles. The zero-order valence-electron chi connectivity index (χ0n) is 8.00. The van der Waals surface area contributed by atoms with E-state index in [1.807, 2.05) is 24.3 Å². The molecule has 0 bridgehead atoms. The first kappa shape index (κ1) is 10.5. The molecule has 0 saturated carbocycles. The molecule has 1 aromatic heterocycles. The predicted molar refractivity (Wildman–Crippen MR) is 66.5 cm³/mol. The molecule has 0 radical (unpaired) electrons. The van der Waals surface area contributed by atoms with Gasteiger partial charge in [0, 0.05) is 23.0 Å². The molecule has 0 unspecified atom stereocenters. The van der Waals surface area contributed by atoms with E-state index in [4.69, 9.17) is 23.2 Å². The fraction of sp³-hybridized carbons (Fsp3) is 0.0833. The van der Waals surface area contributed by atoms with Crippen LogP contribution in [-0.4, -0.2) is 10.9 Å². The van der Waals surface area contributed by atoms with E-state index in [1.54, 1.807) is 6.20 Å². The number of hydrogen-bond acceptors (Lipinski definition) is 1. The molecule has 1 aromatic carbocycles. The van der Waals surface area contributed by atoms with Crippen molar-refractivity contribution in [1.82, 2.24) is 4.98 Å². The number of alkyl halides is 1. The number of fused-ring (bicyclic) bond motifs is 1. The average molecular weight is 238 g/mol. The highest BCUT2D eigenvalue weighted by atomic mass is 35.5. The number of nitrogens with zero attached hydrogens (tertiary/aromatic N) is 1. The number of halogens is 2. The summed E-state index contributed by atoms with van der Waals surface area (Å²) in [6.45, 7) is 3.90. The Morgan fingerprint density at radius 3 is 2.87 bits per heavy atom. The van der Waals surface area contributed by atoms with Gasteiger partial charge in [-0.25, -0.2) is 0 Å². The van der Waals surface area contributed by atoms with Crippen LogP contribution in [0.5, 0.6) is 0 Å². The summed E-state index contributed by atoms with van der Waals surface area (Å²) in [5, 5.41) is 1.69. The summed E-state index contributed by atoms with van der Waals surface area (Å²) in [5.41, 5.74) is 2.51. The van der Waals surface area contributed by atoms with Gasteiger partial charge in [0.25, 0.3) is 0 Å². The molecule has 0 spiro atoms.